The summed E-state index contributed by atoms with van der Waals surface area (Å²) in [4.78, 5) is 70.8. The van der Waals surface area contributed by atoms with Gasteiger partial charge in [0, 0.05) is 33.4 Å². The van der Waals surface area contributed by atoms with E-state index in [-0.39, 0.29) is 0 Å². The number of fused-ring (bicyclic) bond motifs is 7. The summed E-state index contributed by atoms with van der Waals surface area (Å²) in [5.74, 6) is -32.9. The van der Waals surface area contributed by atoms with E-state index in [1.165, 1.54) is 0 Å². The maximum absolute atomic E-state index is 14.6. The smallest absolute Gasteiger partial charge is 0.339 e. The van der Waals surface area contributed by atoms with Gasteiger partial charge in [0.05, 0.1) is 40.8 Å². The zero-order chi connectivity index (χ0) is 49.9. The van der Waals surface area contributed by atoms with Gasteiger partial charge in [-0.15, -0.1) is 0 Å². The van der Waals surface area contributed by atoms with Crippen LogP contribution in [0.1, 0.15) is 68.8 Å². The highest BCUT2D eigenvalue weighted by Crippen LogP contribution is 2.61. The third kappa shape index (κ3) is 6.33. The highest BCUT2D eigenvalue weighted by molar-refractivity contribution is 6.11. The molecule has 2 bridgehead atoms. The predicted octanol–water partition coefficient (Wildman–Crippen LogP) is 1.36. The Morgan fingerprint density at radius 3 is 1.35 bits per heavy atom. The van der Waals surface area contributed by atoms with Crippen LogP contribution < -0.4 is 0 Å². The molecule has 26 nitrogen and oxygen atoms in total. The number of aromatic hydroxyl groups is 15. The first-order valence-corrected chi connectivity index (χ1v) is 18.9. The van der Waals surface area contributed by atoms with E-state index in [9.17, 15) is 106 Å². The van der Waals surface area contributed by atoms with Crippen molar-refractivity contribution in [1.82, 2.24) is 0 Å². The fourth-order valence-electron chi connectivity index (χ4n) is 8.29. The summed E-state index contributed by atoms with van der Waals surface area (Å²) in [6.45, 7) is -1.46. The summed E-state index contributed by atoms with van der Waals surface area (Å²) in [5, 5.41) is 176. The second-order valence-electron chi connectivity index (χ2n) is 15.1. The van der Waals surface area contributed by atoms with Crippen molar-refractivity contribution in [2.24, 2.45) is 0 Å². The van der Waals surface area contributed by atoms with Crippen LogP contribution in [0.5, 0.6) is 86.2 Å². The van der Waals surface area contributed by atoms with Gasteiger partial charge in [0.15, 0.2) is 75.8 Å². The second kappa shape index (κ2) is 15.5. The van der Waals surface area contributed by atoms with Gasteiger partial charge in [0.1, 0.15) is 12.7 Å². The number of rotatable bonds is 3. The quantitative estimate of drug-likeness (QED) is 0.0689. The van der Waals surface area contributed by atoms with Gasteiger partial charge in [-0.3, -0.25) is 0 Å². The summed E-state index contributed by atoms with van der Waals surface area (Å²) in [6, 6.07) is 1.62. The lowest BCUT2D eigenvalue weighted by molar-refractivity contribution is -0.132. The van der Waals surface area contributed by atoms with Crippen molar-refractivity contribution in [3.8, 4) is 108 Å². The third-order valence-electron chi connectivity index (χ3n) is 11.4. The zero-order valence-electron chi connectivity index (χ0n) is 33.6. The Morgan fingerprint density at radius 2 is 0.853 bits per heavy atom. The van der Waals surface area contributed by atoms with E-state index < -0.39 is 214 Å². The molecule has 3 aliphatic heterocycles. The van der Waals surface area contributed by atoms with E-state index >= 15 is 0 Å². The van der Waals surface area contributed by atoms with Crippen LogP contribution in [0.2, 0.25) is 0 Å². The van der Waals surface area contributed by atoms with Gasteiger partial charge in [-0.2, -0.15) is 0 Å². The molecule has 0 radical (unpaired) electrons. The number of ether oxygens (including phenoxy) is 5. The van der Waals surface area contributed by atoms with E-state index in [0.717, 1.165) is 7.11 Å². The molecule has 16 N–H and O–H groups in total. The monoisotopic (exact) mass is 950 g/mol. The average Bonchev–Trinajstić information content (AvgIpc) is 3.31. The molecule has 0 amide bonds. The Kier molecular flexibility index (Phi) is 10.3. The number of methoxy groups -OCH3 is 1. The second-order valence-corrected chi connectivity index (χ2v) is 15.1. The molecule has 0 spiro atoms. The largest absolute Gasteiger partial charge is 0.504 e. The number of aliphatic hydroxyl groups is 1. The molecule has 68 heavy (non-hydrogen) atoms. The molecular formula is C42H30O26. The first kappa shape index (κ1) is 45.0. The van der Waals surface area contributed by atoms with Crippen molar-refractivity contribution >= 4 is 29.8 Å². The molecule has 5 aromatic carbocycles. The van der Waals surface area contributed by atoms with E-state index in [4.69, 9.17) is 23.7 Å². The zero-order valence-corrected chi connectivity index (χ0v) is 33.6. The Bertz CT molecular complexity index is 3140. The van der Waals surface area contributed by atoms with Crippen molar-refractivity contribution in [2.75, 3.05) is 13.7 Å². The van der Waals surface area contributed by atoms with Crippen molar-refractivity contribution in [3.63, 3.8) is 0 Å². The Morgan fingerprint density at radius 1 is 0.456 bits per heavy atom. The van der Waals surface area contributed by atoms with Crippen LogP contribution in [0, 0.1) is 0 Å². The molecular weight excluding hydrogens is 920 g/mol. The number of phenols is 15. The Balaban J connectivity index is 1.49. The standard InChI is InChI=1S/C42H30O26/c1-64-38(59)7-2-11(43)27(51)31(55)19(7)22-21-23-20(32(56)34(58)33(21)57)18-10(5-14(46)26(50)30(18)54)41(62)68-37(36(22)67-42(23)63)35-15(47)6-65-39(60)8-3-12(44)24(48)28(52)16(8)17-9(40(61)66-35)4-13(45)25(49)29(17)53/h2-5,15,22,35-37,43-58H,6H2,1H3/t15-,22+,35+,36+,37-/m0/s1. The number of carbonyl (C=O) groups is 5. The van der Waals surface area contributed by atoms with E-state index in [1.807, 2.05) is 0 Å². The molecule has 3 heterocycles. The van der Waals surface area contributed by atoms with Crippen LogP contribution in [0.4, 0.5) is 0 Å². The van der Waals surface area contributed by atoms with Gasteiger partial charge < -0.3 is 105 Å². The number of phenolic OH excluding ortho intramolecular Hbond substituents is 15. The predicted molar refractivity (Wildman–Crippen MR) is 212 cm³/mol. The SMILES string of the molecule is COC(=O)c1cc(O)c(O)c(O)c1[C@@H]1c2c(O)c(O)c(O)c3c2C(=O)O[C@H]1[C@H]([C@@H]1OC(=O)c2cc(O)c(O)c(O)c2-c2c(cc(O)c(O)c2O)C(=O)OC[C@@H]1O)OC(=O)c1cc(O)c(O)c(O)c1-3. The molecule has 3 aliphatic rings. The molecule has 0 fully saturated rings. The number of aliphatic hydroxyl groups excluding tert-OH is 1. The minimum Gasteiger partial charge on any atom is -0.504 e. The van der Waals surface area contributed by atoms with Crippen molar-refractivity contribution < 1.29 is 129 Å². The molecule has 0 unspecified atom stereocenters. The van der Waals surface area contributed by atoms with Crippen molar-refractivity contribution in [2.45, 2.75) is 30.3 Å². The third-order valence-corrected chi connectivity index (χ3v) is 11.4. The topological polar surface area (TPSA) is 455 Å². The Hall–Kier alpha value is -9.59. The molecule has 354 valence electrons. The van der Waals surface area contributed by atoms with Crippen molar-refractivity contribution in [3.05, 3.63) is 63.2 Å². The molecule has 0 saturated carbocycles. The summed E-state index contributed by atoms with van der Waals surface area (Å²) in [7, 11) is 0.775. The summed E-state index contributed by atoms with van der Waals surface area (Å²) >= 11 is 0. The molecule has 0 saturated heterocycles. The van der Waals surface area contributed by atoms with Gasteiger partial charge in [-0.1, -0.05) is 0 Å². The maximum atomic E-state index is 14.6. The minimum atomic E-state index is -2.82. The molecule has 5 aromatic rings. The lowest BCUT2D eigenvalue weighted by Gasteiger charge is -2.42. The fourth-order valence-corrected chi connectivity index (χ4v) is 8.29. The number of carbonyl (C=O) groups excluding carboxylic acids is 5. The van der Waals surface area contributed by atoms with E-state index in [1.54, 1.807) is 0 Å². The minimum absolute atomic E-state index is 0.342. The normalized spacial score (nSPS) is 19.8. The summed E-state index contributed by atoms with van der Waals surface area (Å²) < 4.78 is 27.0. The first-order valence-electron chi connectivity index (χ1n) is 18.9. The maximum Gasteiger partial charge on any atom is 0.339 e. The lowest BCUT2D eigenvalue weighted by Crippen LogP contribution is -2.55. The molecule has 0 aromatic heterocycles. The Labute approximate surface area is 374 Å². The number of esters is 5. The van der Waals surface area contributed by atoms with Crippen LogP contribution in [0.3, 0.4) is 0 Å². The highest BCUT2D eigenvalue weighted by Gasteiger charge is 2.55. The molecule has 8 rings (SSSR count). The molecule has 26 heteroatoms. The van der Waals surface area contributed by atoms with Crippen LogP contribution in [-0.2, 0) is 23.7 Å². The summed E-state index contributed by atoms with van der Waals surface area (Å²) in [5.41, 5.74) is -12.4. The fraction of sp³-hybridized carbons (Fsp3) is 0.167. The average molecular weight is 951 g/mol. The van der Waals surface area contributed by atoms with Gasteiger partial charge in [0.25, 0.3) is 0 Å². The summed E-state index contributed by atoms with van der Waals surface area (Å²) in [6.07, 6.45) is -10.9. The van der Waals surface area contributed by atoms with Gasteiger partial charge in [0.2, 0.25) is 28.7 Å². The van der Waals surface area contributed by atoms with Gasteiger partial charge in [-0.05, 0) is 24.3 Å². The van der Waals surface area contributed by atoms with Crippen molar-refractivity contribution in [1.29, 1.82) is 0 Å². The lowest BCUT2D eigenvalue weighted by atomic mass is 9.73. The molecule has 0 aliphatic carbocycles. The van der Waals surface area contributed by atoms with Gasteiger partial charge >= 0.3 is 29.8 Å². The highest BCUT2D eigenvalue weighted by atomic mass is 16.6. The number of hydrogen-bond acceptors (Lipinski definition) is 26. The van der Waals surface area contributed by atoms with E-state index in [0.29, 0.717) is 24.3 Å². The van der Waals surface area contributed by atoms with E-state index in [2.05, 4.69) is 0 Å². The van der Waals surface area contributed by atoms with Crippen LogP contribution in [-0.4, -0.2) is 150 Å². The van der Waals surface area contributed by atoms with Crippen LogP contribution >= 0.6 is 0 Å². The number of cyclic esters (lactones) is 3. The molecule has 5 atom stereocenters. The first-order chi connectivity index (χ1) is 31.9. The number of benzene rings is 5. The number of hydrogen-bond donors (Lipinski definition) is 16. The van der Waals surface area contributed by atoms with Gasteiger partial charge in [-0.25, -0.2) is 24.0 Å². The van der Waals surface area contributed by atoms with Crippen LogP contribution in [0.25, 0.3) is 22.3 Å². The van der Waals surface area contributed by atoms with Crippen LogP contribution in [0.15, 0.2) is 24.3 Å².